The highest BCUT2D eigenvalue weighted by molar-refractivity contribution is 5.92. The summed E-state index contributed by atoms with van der Waals surface area (Å²) in [7, 11) is 0. The van der Waals surface area contributed by atoms with Crippen LogP contribution in [0, 0.1) is 0 Å². The van der Waals surface area contributed by atoms with Crippen LogP contribution < -0.4 is 11.3 Å². The molecule has 26 heavy (non-hydrogen) atoms. The maximum atomic E-state index is 13.2. The van der Waals surface area contributed by atoms with Crippen LogP contribution >= 0.6 is 0 Å². The smallest absolute Gasteiger partial charge is 0.365 e. The van der Waals surface area contributed by atoms with Crippen LogP contribution in [-0.4, -0.2) is 33.9 Å². The van der Waals surface area contributed by atoms with E-state index in [-0.39, 0.29) is 10.6 Å². The van der Waals surface area contributed by atoms with Crippen LogP contribution in [0.2, 0.25) is 0 Å². The molecule has 9 heteroatoms. The van der Waals surface area contributed by atoms with Crippen molar-refractivity contribution in [3.05, 3.63) is 33.7 Å². The first-order chi connectivity index (χ1) is 12.0. The molecule has 0 fully saturated rings. The Bertz CT molecular complexity index is 713. The van der Waals surface area contributed by atoms with Gasteiger partial charge >= 0.3 is 6.18 Å². The zero-order valence-electron chi connectivity index (χ0n) is 15.1. The van der Waals surface area contributed by atoms with Crippen molar-refractivity contribution in [1.29, 1.82) is 0 Å². The minimum Gasteiger partial charge on any atom is -0.365 e. The second-order valence-corrected chi connectivity index (χ2v) is 6.08. The molecule has 1 aromatic rings. The average molecular weight is 375 g/mol. The first kappa shape index (κ1) is 21.7. The van der Waals surface area contributed by atoms with Crippen LogP contribution in [0.4, 0.5) is 13.2 Å². The summed E-state index contributed by atoms with van der Waals surface area (Å²) in [5.41, 5.74) is 1.94. The molecule has 0 saturated heterocycles. The Labute approximate surface area is 149 Å². The molecule has 0 aliphatic carbocycles. The van der Waals surface area contributed by atoms with Crippen LogP contribution in [0.3, 0.4) is 0 Å². The third-order valence-electron chi connectivity index (χ3n) is 4.22. The fourth-order valence-electron chi connectivity index (χ4n) is 2.54. The van der Waals surface area contributed by atoms with E-state index in [9.17, 15) is 27.6 Å². The Kier molecular flexibility index (Phi) is 7.41. The number of carbonyl (C=O) groups excluding carboxylic acids is 2. The van der Waals surface area contributed by atoms with Gasteiger partial charge in [-0.05, 0) is 31.9 Å². The second kappa shape index (κ2) is 8.86. The zero-order chi connectivity index (χ0) is 20.1. The van der Waals surface area contributed by atoms with Crippen molar-refractivity contribution < 1.29 is 22.8 Å². The van der Waals surface area contributed by atoms with Gasteiger partial charge < -0.3 is 10.6 Å². The van der Waals surface area contributed by atoms with E-state index in [0.29, 0.717) is 25.5 Å². The summed E-state index contributed by atoms with van der Waals surface area (Å²) in [6, 6.07) is 1.14. The lowest BCUT2D eigenvalue weighted by atomic mass is 10.2. The summed E-state index contributed by atoms with van der Waals surface area (Å²) in [6.45, 7) is 5.17. The van der Waals surface area contributed by atoms with Gasteiger partial charge in [0.1, 0.15) is 17.8 Å². The van der Waals surface area contributed by atoms with Gasteiger partial charge in [0.15, 0.2) is 0 Å². The molecule has 1 aromatic heterocycles. The number of primary amides is 1. The highest BCUT2D eigenvalue weighted by Crippen LogP contribution is 2.28. The third kappa shape index (κ3) is 5.09. The summed E-state index contributed by atoms with van der Waals surface area (Å²) in [6.07, 6.45) is -2.72. The Morgan fingerprint density at radius 2 is 1.88 bits per heavy atom. The Hall–Kier alpha value is -2.32. The number of halogens is 3. The van der Waals surface area contributed by atoms with Crippen LogP contribution in [0.15, 0.2) is 16.9 Å². The summed E-state index contributed by atoms with van der Waals surface area (Å²) in [4.78, 5) is 37.6. The zero-order valence-corrected chi connectivity index (χ0v) is 15.1. The molecule has 0 saturated carbocycles. The number of amides is 2. The fraction of sp³-hybridized carbons (Fsp3) is 0.588. The highest BCUT2D eigenvalue weighted by atomic mass is 19.4. The Balaban J connectivity index is 3.35. The molecule has 1 atom stereocenters. The quantitative estimate of drug-likeness (QED) is 0.757. The molecule has 2 N–H and O–H groups in total. The van der Waals surface area contributed by atoms with Crippen LogP contribution in [0.5, 0.6) is 0 Å². The minimum atomic E-state index is -4.85. The molecule has 0 aliphatic rings. The predicted octanol–water partition coefficient (Wildman–Crippen LogP) is 2.39. The summed E-state index contributed by atoms with van der Waals surface area (Å²) >= 11 is 0. The van der Waals surface area contributed by atoms with E-state index in [0.717, 1.165) is 12.5 Å². The van der Waals surface area contributed by atoms with Gasteiger partial charge in [0, 0.05) is 12.6 Å². The summed E-state index contributed by atoms with van der Waals surface area (Å²) < 4.78 is 40.0. The molecule has 0 aliphatic heterocycles. The van der Waals surface area contributed by atoms with Gasteiger partial charge in [0.2, 0.25) is 5.91 Å². The topological polar surface area (TPSA) is 85.4 Å². The van der Waals surface area contributed by atoms with Gasteiger partial charge in [-0.3, -0.25) is 19.0 Å². The number of nitrogens with zero attached hydrogens (tertiary/aromatic N) is 2. The minimum absolute atomic E-state index is 0.182. The molecule has 1 rings (SSSR count). The van der Waals surface area contributed by atoms with E-state index in [2.05, 4.69) is 0 Å². The lowest BCUT2D eigenvalue weighted by Crippen LogP contribution is -2.44. The van der Waals surface area contributed by atoms with Crippen LogP contribution in [0.25, 0.3) is 0 Å². The van der Waals surface area contributed by atoms with Crippen molar-refractivity contribution in [3.63, 3.8) is 0 Å². The number of carbonyl (C=O) groups is 2. The van der Waals surface area contributed by atoms with Gasteiger partial charge in [-0.15, -0.1) is 0 Å². The lowest BCUT2D eigenvalue weighted by Gasteiger charge is -2.29. The molecular formula is C17H24F3N3O3. The molecule has 0 bridgehead atoms. The van der Waals surface area contributed by atoms with Crippen molar-refractivity contribution >= 4 is 11.8 Å². The molecule has 2 amide bonds. The van der Waals surface area contributed by atoms with Crippen LogP contribution in [0.1, 0.15) is 56.1 Å². The van der Waals surface area contributed by atoms with Gasteiger partial charge in [-0.1, -0.05) is 20.3 Å². The maximum absolute atomic E-state index is 13.2. The Morgan fingerprint density at radius 1 is 1.27 bits per heavy atom. The monoisotopic (exact) mass is 375 g/mol. The first-order valence-electron chi connectivity index (χ1n) is 8.44. The van der Waals surface area contributed by atoms with Gasteiger partial charge in [0.05, 0.1) is 0 Å². The first-order valence-corrected chi connectivity index (χ1v) is 8.44. The van der Waals surface area contributed by atoms with Crippen molar-refractivity contribution in [3.8, 4) is 0 Å². The summed E-state index contributed by atoms with van der Waals surface area (Å²) in [5.74, 6) is -1.75. The molecule has 0 unspecified atom stereocenters. The molecule has 0 radical (unpaired) electrons. The number of rotatable bonds is 8. The van der Waals surface area contributed by atoms with E-state index < -0.39 is 41.4 Å². The second-order valence-electron chi connectivity index (χ2n) is 6.08. The van der Waals surface area contributed by atoms with E-state index in [1.54, 1.807) is 6.92 Å². The predicted molar refractivity (Wildman–Crippen MR) is 90.6 cm³/mol. The SMILES string of the molecule is CCCCN(C(=O)Cn1c(C(F)(F)F)ccc(C(N)=O)c1=O)[C@@H](C)CC. The van der Waals surface area contributed by atoms with Gasteiger partial charge in [-0.25, -0.2) is 0 Å². The number of aromatic nitrogens is 1. The number of pyridine rings is 1. The fourth-order valence-corrected chi connectivity index (χ4v) is 2.54. The standard InChI is InChI=1S/C17H24F3N3O3/c1-4-6-9-22(11(3)5-2)14(24)10-23-13(17(18,19)20)8-7-12(15(21)25)16(23)26/h7-8,11H,4-6,9-10H2,1-3H3,(H2,21,25)/t11-/m0/s1. The number of hydrogen-bond acceptors (Lipinski definition) is 3. The van der Waals surface area contributed by atoms with Gasteiger partial charge in [0.25, 0.3) is 11.5 Å². The lowest BCUT2D eigenvalue weighted by molar-refractivity contribution is -0.146. The molecule has 1 heterocycles. The number of unbranched alkanes of at least 4 members (excludes halogenated alkanes) is 1. The van der Waals surface area contributed by atoms with E-state index in [1.165, 1.54) is 4.90 Å². The molecular weight excluding hydrogens is 351 g/mol. The number of nitrogens with two attached hydrogens (primary N) is 1. The van der Waals surface area contributed by atoms with E-state index in [4.69, 9.17) is 5.73 Å². The van der Waals surface area contributed by atoms with Gasteiger partial charge in [-0.2, -0.15) is 13.2 Å². The number of hydrogen-bond donors (Lipinski definition) is 1. The molecule has 0 aromatic carbocycles. The third-order valence-corrected chi connectivity index (χ3v) is 4.22. The van der Waals surface area contributed by atoms with E-state index >= 15 is 0 Å². The summed E-state index contributed by atoms with van der Waals surface area (Å²) in [5, 5.41) is 0. The van der Waals surface area contributed by atoms with Crippen molar-refractivity contribution in [1.82, 2.24) is 9.47 Å². The highest BCUT2D eigenvalue weighted by Gasteiger charge is 2.36. The average Bonchev–Trinajstić information content (AvgIpc) is 2.55. The van der Waals surface area contributed by atoms with Crippen molar-refractivity contribution in [2.75, 3.05) is 6.54 Å². The largest absolute Gasteiger partial charge is 0.431 e. The van der Waals surface area contributed by atoms with Crippen LogP contribution in [-0.2, 0) is 17.5 Å². The van der Waals surface area contributed by atoms with Crippen molar-refractivity contribution in [2.45, 2.75) is 58.8 Å². The number of alkyl halides is 3. The maximum Gasteiger partial charge on any atom is 0.431 e. The Morgan fingerprint density at radius 3 is 2.35 bits per heavy atom. The normalized spacial score (nSPS) is 12.7. The van der Waals surface area contributed by atoms with Crippen molar-refractivity contribution in [2.24, 2.45) is 5.73 Å². The van der Waals surface area contributed by atoms with E-state index in [1.807, 2.05) is 13.8 Å². The molecule has 6 nitrogen and oxygen atoms in total. The molecule has 0 spiro atoms. The molecule has 146 valence electrons.